The predicted octanol–water partition coefficient (Wildman–Crippen LogP) is 11.6. The standard InChI is InChI=1S/C48H41N5O4/c1-54-43-26-18-39(19-27-43)51(40-20-28-44(55-2)29-21-40)37-14-10-34(11-15-37)47-49-50-48(53(47)36-8-6-5-7-9-36)35-12-16-38(17-13-35)52(41-22-30-45(56-3)31-23-41)42-24-32-46(57-4)33-25-42/h5-33H,1-4H3. The number of aromatic nitrogens is 3. The Labute approximate surface area is 332 Å². The Bertz CT molecular complexity index is 2270. The first-order chi connectivity index (χ1) is 28.1. The van der Waals surface area contributed by atoms with Gasteiger partial charge in [-0.3, -0.25) is 4.57 Å². The van der Waals surface area contributed by atoms with E-state index < -0.39 is 0 Å². The van der Waals surface area contributed by atoms with E-state index in [1.54, 1.807) is 28.4 Å². The first-order valence-electron chi connectivity index (χ1n) is 18.4. The lowest BCUT2D eigenvalue weighted by Gasteiger charge is -2.26. The molecular weight excluding hydrogens is 711 g/mol. The van der Waals surface area contributed by atoms with E-state index in [0.29, 0.717) is 0 Å². The van der Waals surface area contributed by atoms with E-state index in [0.717, 1.165) is 85.6 Å². The maximum Gasteiger partial charge on any atom is 0.168 e. The van der Waals surface area contributed by atoms with Crippen molar-refractivity contribution in [2.45, 2.75) is 0 Å². The third-order valence-electron chi connectivity index (χ3n) is 9.77. The summed E-state index contributed by atoms with van der Waals surface area (Å²) in [6.45, 7) is 0. The number of methoxy groups -OCH3 is 4. The van der Waals surface area contributed by atoms with Crippen LogP contribution in [0.3, 0.4) is 0 Å². The Balaban J connectivity index is 1.16. The summed E-state index contributed by atoms with van der Waals surface area (Å²) in [4.78, 5) is 4.39. The topological polar surface area (TPSA) is 74.1 Å². The van der Waals surface area contributed by atoms with Crippen molar-refractivity contribution in [2.75, 3.05) is 38.2 Å². The lowest BCUT2D eigenvalue weighted by atomic mass is 10.1. The van der Waals surface area contributed by atoms with E-state index in [4.69, 9.17) is 29.1 Å². The molecule has 9 heteroatoms. The number of ether oxygens (including phenoxy) is 4. The third kappa shape index (κ3) is 7.59. The van der Waals surface area contributed by atoms with Gasteiger partial charge in [0.25, 0.3) is 0 Å². The maximum absolute atomic E-state index is 5.44. The second-order valence-electron chi connectivity index (χ2n) is 13.1. The first kappa shape index (κ1) is 36.5. The molecule has 8 rings (SSSR count). The van der Waals surface area contributed by atoms with Crippen molar-refractivity contribution in [1.82, 2.24) is 14.8 Å². The molecule has 0 amide bonds. The fraction of sp³-hybridized carbons (Fsp3) is 0.0833. The summed E-state index contributed by atoms with van der Waals surface area (Å²) in [6, 6.07) is 59.1. The van der Waals surface area contributed by atoms with Crippen LogP contribution in [0.2, 0.25) is 0 Å². The van der Waals surface area contributed by atoms with E-state index in [9.17, 15) is 0 Å². The van der Waals surface area contributed by atoms with Gasteiger partial charge in [-0.05, 0) is 158 Å². The second-order valence-corrected chi connectivity index (χ2v) is 13.1. The minimum Gasteiger partial charge on any atom is -0.497 e. The number of anilines is 6. The van der Waals surface area contributed by atoms with Gasteiger partial charge in [-0.25, -0.2) is 0 Å². The maximum atomic E-state index is 5.44. The van der Waals surface area contributed by atoms with Crippen molar-refractivity contribution in [3.8, 4) is 51.5 Å². The van der Waals surface area contributed by atoms with Gasteiger partial charge in [0.05, 0.1) is 28.4 Å². The van der Waals surface area contributed by atoms with Crippen LogP contribution in [-0.2, 0) is 0 Å². The second kappa shape index (κ2) is 16.5. The molecule has 0 aliphatic carbocycles. The molecular formula is C48H41N5O4. The normalized spacial score (nSPS) is 10.8. The molecule has 0 aliphatic heterocycles. The Morgan fingerprint density at radius 3 is 0.860 bits per heavy atom. The van der Waals surface area contributed by atoms with E-state index in [1.807, 2.05) is 115 Å². The Kier molecular flexibility index (Phi) is 10.5. The molecule has 0 bridgehead atoms. The molecule has 0 spiro atoms. The van der Waals surface area contributed by atoms with E-state index in [1.165, 1.54) is 0 Å². The van der Waals surface area contributed by atoms with Crippen LogP contribution >= 0.6 is 0 Å². The monoisotopic (exact) mass is 751 g/mol. The van der Waals surface area contributed by atoms with Crippen LogP contribution in [0.4, 0.5) is 34.1 Å². The zero-order valence-electron chi connectivity index (χ0n) is 32.1. The molecule has 0 unspecified atom stereocenters. The molecule has 0 fully saturated rings. The summed E-state index contributed by atoms with van der Waals surface area (Å²) in [5.41, 5.74) is 8.72. The minimum atomic E-state index is 0.727. The van der Waals surface area contributed by atoms with Crippen molar-refractivity contribution in [1.29, 1.82) is 0 Å². The fourth-order valence-corrected chi connectivity index (χ4v) is 6.82. The van der Waals surface area contributed by atoms with E-state index in [2.05, 4.69) is 75.0 Å². The molecule has 0 saturated carbocycles. The smallest absolute Gasteiger partial charge is 0.168 e. The van der Waals surface area contributed by atoms with Gasteiger partial charge >= 0.3 is 0 Å². The number of benzene rings is 7. The summed E-state index contributed by atoms with van der Waals surface area (Å²) in [6.07, 6.45) is 0. The van der Waals surface area contributed by atoms with E-state index >= 15 is 0 Å². The van der Waals surface area contributed by atoms with Crippen molar-refractivity contribution in [3.05, 3.63) is 176 Å². The highest BCUT2D eigenvalue weighted by molar-refractivity contribution is 5.80. The molecule has 0 N–H and O–H groups in total. The summed E-state index contributed by atoms with van der Waals surface area (Å²) >= 11 is 0. The molecule has 1 aromatic heterocycles. The Morgan fingerprint density at radius 1 is 0.333 bits per heavy atom. The van der Waals surface area contributed by atoms with Crippen LogP contribution in [0.1, 0.15) is 0 Å². The Morgan fingerprint density at radius 2 is 0.596 bits per heavy atom. The molecule has 0 atom stereocenters. The predicted molar refractivity (Wildman–Crippen MR) is 228 cm³/mol. The van der Waals surface area contributed by atoms with Gasteiger partial charge in [-0.15, -0.1) is 10.2 Å². The van der Waals surface area contributed by atoms with Gasteiger partial charge in [0.2, 0.25) is 0 Å². The zero-order chi connectivity index (χ0) is 39.1. The average Bonchev–Trinajstić information content (AvgIpc) is 3.74. The van der Waals surface area contributed by atoms with Gasteiger partial charge < -0.3 is 28.7 Å². The van der Waals surface area contributed by atoms with Gasteiger partial charge in [0.1, 0.15) is 23.0 Å². The molecule has 282 valence electrons. The van der Waals surface area contributed by atoms with Gasteiger partial charge in [0.15, 0.2) is 11.6 Å². The van der Waals surface area contributed by atoms with Crippen molar-refractivity contribution < 1.29 is 18.9 Å². The Hall–Kier alpha value is -7.52. The van der Waals surface area contributed by atoms with Crippen molar-refractivity contribution in [3.63, 3.8) is 0 Å². The van der Waals surface area contributed by atoms with Crippen LogP contribution in [0.25, 0.3) is 28.5 Å². The van der Waals surface area contributed by atoms with Crippen LogP contribution in [0, 0.1) is 0 Å². The highest BCUT2D eigenvalue weighted by Gasteiger charge is 2.20. The molecule has 7 aromatic carbocycles. The lowest BCUT2D eigenvalue weighted by molar-refractivity contribution is 0.414. The minimum absolute atomic E-state index is 0.727. The number of hydrogen-bond donors (Lipinski definition) is 0. The number of nitrogens with zero attached hydrogens (tertiary/aromatic N) is 5. The fourth-order valence-electron chi connectivity index (χ4n) is 6.82. The van der Waals surface area contributed by atoms with Crippen LogP contribution < -0.4 is 28.7 Å². The number of rotatable bonds is 13. The van der Waals surface area contributed by atoms with Crippen molar-refractivity contribution in [2.24, 2.45) is 0 Å². The molecule has 1 heterocycles. The zero-order valence-corrected chi connectivity index (χ0v) is 32.1. The summed E-state index contributed by atoms with van der Waals surface area (Å²) in [5, 5.41) is 9.58. The number of hydrogen-bond acceptors (Lipinski definition) is 8. The lowest BCUT2D eigenvalue weighted by Crippen LogP contribution is -2.10. The quantitative estimate of drug-likeness (QED) is 0.115. The van der Waals surface area contributed by atoms with E-state index in [-0.39, 0.29) is 0 Å². The molecule has 8 aromatic rings. The van der Waals surface area contributed by atoms with Crippen LogP contribution in [0.5, 0.6) is 23.0 Å². The molecule has 9 nitrogen and oxygen atoms in total. The SMILES string of the molecule is COc1ccc(N(c2ccc(OC)cc2)c2ccc(-c3nnc(-c4ccc(N(c5ccc(OC)cc5)c5ccc(OC)cc5)cc4)n3-c3ccccc3)cc2)cc1. The molecule has 0 aliphatic rings. The summed E-state index contributed by atoms with van der Waals surface area (Å²) < 4.78 is 23.9. The average molecular weight is 752 g/mol. The summed E-state index contributed by atoms with van der Waals surface area (Å²) in [5.74, 6) is 4.63. The highest BCUT2D eigenvalue weighted by Crippen LogP contribution is 2.40. The largest absolute Gasteiger partial charge is 0.497 e. The van der Waals surface area contributed by atoms with Crippen LogP contribution in [-0.4, -0.2) is 43.2 Å². The highest BCUT2D eigenvalue weighted by atomic mass is 16.5. The summed E-state index contributed by atoms with van der Waals surface area (Å²) in [7, 11) is 6.69. The molecule has 0 saturated heterocycles. The molecule has 0 radical (unpaired) electrons. The third-order valence-corrected chi connectivity index (χ3v) is 9.77. The van der Waals surface area contributed by atoms with Crippen molar-refractivity contribution >= 4 is 34.1 Å². The van der Waals surface area contributed by atoms with Crippen LogP contribution in [0.15, 0.2) is 176 Å². The first-order valence-corrected chi connectivity index (χ1v) is 18.4. The molecule has 57 heavy (non-hydrogen) atoms. The van der Waals surface area contributed by atoms with Gasteiger partial charge in [0, 0.05) is 50.9 Å². The number of para-hydroxylation sites is 1. The van der Waals surface area contributed by atoms with Gasteiger partial charge in [-0.1, -0.05) is 18.2 Å². The van der Waals surface area contributed by atoms with Gasteiger partial charge in [-0.2, -0.15) is 0 Å².